The van der Waals surface area contributed by atoms with Crippen LogP contribution in [-0.2, 0) is 9.59 Å². The summed E-state index contributed by atoms with van der Waals surface area (Å²) in [4.78, 5) is 25.0. The van der Waals surface area contributed by atoms with Gasteiger partial charge in [-0.15, -0.1) is 0 Å². The van der Waals surface area contributed by atoms with Crippen molar-refractivity contribution < 1.29 is 14.7 Å². The first kappa shape index (κ1) is 12.7. The molecule has 17 heavy (non-hydrogen) atoms. The smallest absolute Gasteiger partial charge is 0.327 e. The first-order chi connectivity index (χ1) is 8.04. The SMILES string of the molecule is NC1(C(=O)N2CCSCC2C(=O)O)CCCC1. The fraction of sp³-hybridized carbons (Fsp3) is 0.818. The lowest BCUT2D eigenvalue weighted by molar-refractivity contribution is -0.151. The maximum atomic E-state index is 12.4. The summed E-state index contributed by atoms with van der Waals surface area (Å²) in [6.45, 7) is 0.499. The summed E-state index contributed by atoms with van der Waals surface area (Å²) in [7, 11) is 0. The molecule has 1 atom stereocenters. The molecule has 1 saturated carbocycles. The lowest BCUT2D eigenvalue weighted by Crippen LogP contribution is -2.60. The maximum absolute atomic E-state index is 12.4. The van der Waals surface area contributed by atoms with Gasteiger partial charge in [-0.3, -0.25) is 4.79 Å². The Balaban J connectivity index is 2.13. The Morgan fingerprint density at radius 3 is 2.59 bits per heavy atom. The van der Waals surface area contributed by atoms with Gasteiger partial charge in [0.15, 0.2) is 0 Å². The van der Waals surface area contributed by atoms with Gasteiger partial charge < -0.3 is 15.7 Å². The van der Waals surface area contributed by atoms with Crippen molar-refractivity contribution in [3.05, 3.63) is 0 Å². The molecule has 2 aliphatic rings. The first-order valence-electron chi connectivity index (χ1n) is 5.95. The van der Waals surface area contributed by atoms with Gasteiger partial charge in [-0.1, -0.05) is 12.8 Å². The van der Waals surface area contributed by atoms with E-state index >= 15 is 0 Å². The van der Waals surface area contributed by atoms with Gasteiger partial charge in [-0.25, -0.2) is 4.79 Å². The molecule has 0 aromatic heterocycles. The molecular formula is C11H18N2O3S. The summed E-state index contributed by atoms with van der Waals surface area (Å²) in [5, 5.41) is 9.14. The number of thioether (sulfide) groups is 1. The van der Waals surface area contributed by atoms with E-state index in [0.717, 1.165) is 18.6 Å². The summed E-state index contributed by atoms with van der Waals surface area (Å²) in [5.74, 6) is 0.179. The normalized spacial score (nSPS) is 28.1. The zero-order valence-corrected chi connectivity index (χ0v) is 10.5. The highest BCUT2D eigenvalue weighted by Crippen LogP contribution is 2.31. The van der Waals surface area contributed by atoms with E-state index in [1.54, 1.807) is 11.8 Å². The Hall–Kier alpha value is -0.750. The third kappa shape index (κ3) is 2.42. The minimum atomic E-state index is -0.924. The molecule has 1 saturated heterocycles. The van der Waals surface area contributed by atoms with Crippen LogP contribution in [0.1, 0.15) is 25.7 Å². The molecule has 0 spiro atoms. The predicted octanol–water partition coefficient (Wildman–Crippen LogP) is 0.286. The molecule has 2 fully saturated rings. The third-order valence-electron chi connectivity index (χ3n) is 3.60. The van der Waals surface area contributed by atoms with Crippen molar-refractivity contribution in [2.24, 2.45) is 5.73 Å². The van der Waals surface area contributed by atoms with Gasteiger partial charge in [0.2, 0.25) is 5.91 Å². The molecule has 0 aromatic rings. The zero-order valence-electron chi connectivity index (χ0n) is 9.72. The van der Waals surface area contributed by atoms with Crippen LogP contribution in [0.3, 0.4) is 0 Å². The second kappa shape index (κ2) is 4.86. The summed E-state index contributed by atoms with van der Waals surface area (Å²) in [5.41, 5.74) is 5.30. The van der Waals surface area contributed by atoms with Crippen molar-refractivity contribution >= 4 is 23.6 Å². The van der Waals surface area contributed by atoms with Gasteiger partial charge >= 0.3 is 5.97 Å². The molecule has 5 nitrogen and oxygen atoms in total. The molecule has 0 bridgehead atoms. The van der Waals surface area contributed by atoms with Crippen molar-refractivity contribution in [1.29, 1.82) is 0 Å². The Morgan fingerprint density at radius 2 is 2.00 bits per heavy atom. The van der Waals surface area contributed by atoms with Crippen LogP contribution in [0.4, 0.5) is 0 Å². The van der Waals surface area contributed by atoms with E-state index in [9.17, 15) is 9.59 Å². The highest BCUT2D eigenvalue weighted by atomic mass is 32.2. The average Bonchev–Trinajstić information content (AvgIpc) is 2.76. The highest BCUT2D eigenvalue weighted by molar-refractivity contribution is 7.99. The van der Waals surface area contributed by atoms with E-state index in [2.05, 4.69) is 0 Å². The summed E-state index contributed by atoms with van der Waals surface area (Å²) in [6.07, 6.45) is 3.29. The fourth-order valence-electron chi connectivity index (χ4n) is 2.56. The Kier molecular flexibility index (Phi) is 3.63. The van der Waals surface area contributed by atoms with Crippen molar-refractivity contribution in [2.45, 2.75) is 37.3 Å². The van der Waals surface area contributed by atoms with Crippen molar-refractivity contribution in [1.82, 2.24) is 4.90 Å². The van der Waals surface area contributed by atoms with Crippen LogP contribution >= 0.6 is 11.8 Å². The molecule has 0 aromatic carbocycles. The van der Waals surface area contributed by atoms with Crippen LogP contribution in [0.5, 0.6) is 0 Å². The first-order valence-corrected chi connectivity index (χ1v) is 7.10. The Labute approximate surface area is 105 Å². The van der Waals surface area contributed by atoms with Gasteiger partial charge in [-0.05, 0) is 12.8 Å². The molecule has 6 heteroatoms. The van der Waals surface area contributed by atoms with Crippen molar-refractivity contribution in [3.63, 3.8) is 0 Å². The number of nitrogens with two attached hydrogens (primary N) is 1. The quantitative estimate of drug-likeness (QED) is 0.743. The van der Waals surface area contributed by atoms with Crippen LogP contribution in [0.2, 0.25) is 0 Å². The maximum Gasteiger partial charge on any atom is 0.327 e. The van der Waals surface area contributed by atoms with Gasteiger partial charge in [0.25, 0.3) is 0 Å². The van der Waals surface area contributed by atoms with Gasteiger partial charge in [0, 0.05) is 18.1 Å². The number of hydrogen-bond donors (Lipinski definition) is 2. The fourth-order valence-corrected chi connectivity index (χ4v) is 3.60. The number of nitrogens with zero attached hydrogens (tertiary/aromatic N) is 1. The van der Waals surface area contributed by atoms with Crippen LogP contribution in [-0.4, -0.2) is 51.5 Å². The molecule has 1 heterocycles. The standard InChI is InChI=1S/C11H18N2O3S/c12-11(3-1-2-4-11)10(16)13-5-6-17-7-8(13)9(14)15/h8H,1-7,12H2,(H,14,15). The van der Waals surface area contributed by atoms with E-state index in [1.165, 1.54) is 4.90 Å². The lowest BCUT2D eigenvalue weighted by Gasteiger charge is -2.37. The molecule has 1 aliphatic carbocycles. The molecule has 1 unspecified atom stereocenters. The Bertz CT molecular complexity index is 329. The van der Waals surface area contributed by atoms with E-state index < -0.39 is 17.6 Å². The molecule has 1 aliphatic heterocycles. The number of carbonyl (C=O) groups is 2. The largest absolute Gasteiger partial charge is 0.480 e. The second-order valence-electron chi connectivity index (χ2n) is 4.79. The van der Waals surface area contributed by atoms with Gasteiger partial charge in [-0.2, -0.15) is 11.8 Å². The molecular weight excluding hydrogens is 240 g/mol. The molecule has 0 radical (unpaired) electrons. The second-order valence-corrected chi connectivity index (χ2v) is 5.94. The monoisotopic (exact) mass is 258 g/mol. The number of amides is 1. The molecule has 96 valence electrons. The molecule has 2 rings (SSSR count). The van der Waals surface area contributed by atoms with E-state index in [1.807, 2.05) is 0 Å². The molecule has 3 N–H and O–H groups in total. The predicted molar refractivity (Wildman–Crippen MR) is 65.8 cm³/mol. The van der Waals surface area contributed by atoms with Crippen molar-refractivity contribution in [2.75, 3.05) is 18.1 Å². The average molecular weight is 258 g/mol. The number of carboxylic acid groups (broad SMARTS) is 1. The van der Waals surface area contributed by atoms with Crippen LogP contribution in [0.15, 0.2) is 0 Å². The minimum absolute atomic E-state index is 0.164. The summed E-state index contributed by atoms with van der Waals surface area (Å²) in [6, 6.07) is -0.706. The minimum Gasteiger partial charge on any atom is -0.480 e. The number of hydrogen-bond acceptors (Lipinski definition) is 4. The third-order valence-corrected chi connectivity index (χ3v) is 4.62. The number of rotatable bonds is 2. The zero-order chi connectivity index (χ0) is 12.5. The van der Waals surface area contributed by atoms with Gasteiger partial charge in [0.1, 0.15) is 6.04 Å². The van der Waals surface area contributed by atoms with Gasteiger partial charge in [0.05, 0.1) is 5.54 Å². The topological polar surface area (TPSA) is 83.6 Å². The summed E-state index contributed by atoms with van der Waals surface area (Å²) < 4.78 is 0. The van der Waals surface area contributed by atoms with E-state index in [4.69, 9.17) is 10.8 Å². The van der Waals surface area contributed by atoms with Crippen molar-refractivity contribution in [3.8, 4) is 0 Å². The number of aliphatic carboxylic acids is 1. The number of carboxylic acids is 1. The van der Waals surface area contributed by atoms with E-state index in [-0.39, 0.29) is 5.91 Å². The van der Waals surface area contributed by atoms with Crippen LogP contribution < -0.4 is 5.73 Å². The van der Waals surface area contributed by atoms with Crippen LogP contribution in [0.25, 0.3) is 0 Å². The highest BCUT2D eigenvalue weighted by Gasteiger charge is 2.44. The Morgan fingerprint density at radius 1 is 1.35 bits per heavy atom. The van der Waals surface area contributed by atoms with E-state index in [0.29, 0.717) is 25.1 Å². The molecule has 1 amide bonds. The number of carbonyl (C=O) groups excluding carboxylic acids is 1. The lowest BCUT2D eigenvalue weighted by atomic mass is 9.96. The van der Waals surface area contributed by atoms with Crippen LogP contribution in [0, 0.1) is 0 Å². The summed E-state index contributed by atoms with van der Waals surface area (Å²) >= 11 is 1.58.